The molecule has 0 bridgehead atoms. The fourth-order valence-electron chi connectivity index (χ4n) is 2.77. The number of nitrogens with zero attached hydrogens (tertiary/aromatic N) is 1. The maximum Gasteiger partial charge on any atom is 0.106 e. The van der Waals surface area contributed by atoms with E-state index in [0.717, 1.165) is 25.2 Å². The molecule has 0 radical (unpaired) electrons. The molecule has 1 N–H and O–H groups in total. The summed E-state index contributed by atoms with van der Waals surface area (Å²) in [4.78, 5) is 2.34. The molecule has 3 rings (SSSR count). The molecule has 0 amide bonds. The van der Waals surface area contributed by atoms with Crippen LogP contribution in [0.2, 0.25) is 0 Å². The van der Waals surface area contributed by atoms with Crippen LogP contribution in [0.25, 0.3) is 0 Å². The van der Waals surface area contributed by atoms with Crippen LogP contribution in [0.15, 0.2) is 60.7 Å². The molecule has 1 saturated heterocycles. The van der Waals surface area contributed by atoms with Gasteiger partial charge in [0.25, 0.3) is 0 Å². The third-order valence-electron chi connectivity index (χ3n) is 3.92. The number of hydrogen-bond acceptors (Lipinski definition) is 3. The third-order valence-corrected chi connectivity index (χ3v) is 3.92. The quantitative estimate of drug-likeness (QED) is 0.936. The highest BCUT2D eigenvalue weighted by atomic mass is 16.5. The van der Waals surface area contributed by atoms with E-state index >= 15 is 0 Å². The number of rotatable bonds is 4. The lowest BCUT2D eigenvalue weighted by molar-refractivity contribution is -0.0918. The Balaban J connectivity index is 1.63. The molecular formula is C18H21NO2. The fraction of sp³-hybridized carbons (Fsp3) is 0.333. The minimum absolute atomic E-state index is 0.162. The van der Waals surface area contributed by atoms with Gasteiger partial charge in [-0.05, 0) is 11.1 Å². The second-order valence-corrected chi connectivity index (χ2v) is 5.49. The average molecular weight is 283 g/mol. The summed E-state index contributed by atoms with van der Waals surface area (Å²) in [7, 11) is 0. The summed E-state index contributed by atoms with van der Waals surface area (Å²) in [6, 6.07) is 20.2. The molecule has 2 aromatic rings. The summed E-state index contributed by atoms with van der Waals surface area (Å²) in [5, 5.41) is 10.5. The number of benzene rings is 2. The van der Waals surface area contributed by atoms with Crippen molar-refractivity contribution >= 4 is 0 Å². The second-order valence-electron chi connectivity index (χ2n) is 5.49. The van der Waals surface area contributed by atoms with Gasteiger partial charge < -0.3 is 9.84 Å². The molecule has 3 heteroatoms. The maximum absolute atomic E-state index is 10.5. The monoisotopic (exact) mass is 283 g/mol. The van der Waals surface area contributed by atoms with Crippen molar-refractivity contribution in [3.63, 3.8) is 0 Å². The first-order valence-electron chi connectivity index (χ1n) is 7.44. The topological polar surface area (TPSA) is 32.7 Å². The molecule has 3 nitrogen and oxygen atoms in total. The van der Waals surface area contributed by atoms with E-state index in [1.54, 1.807) is 0 Å². The predicted octanol–water partition coefficient (Wildman–Crippen LogP) is 2.62. The lowest BCUT2D eigenvalue weighted by Gasteiger charge is -2.35. The number of ether oxygens (including phenoxy) is 1. The van der Waals surface area contributed by atoms with E-state index in [1.165, 1.54) is 5.56 Å². The highest BCUT2D eigenvalue weighted by Gasteiger charge is 2.27. The third kappa shape index (κ3) is 3.70. The van der Waals surface area contributed by atoms with Crippen molar-refractivity contribution in [2.24, 2.45) is 0 Å². The van der Waals surface area contributed by atoms with E-state index in [-0.39, 0.29) is 6.10 Å². The Bertz CT molecular complexity index is 544. The number of morpholine rings is 1. The Labute approximate surface area is 125 Å². The summed E-state index contributed by atoms with van der Waals surface area (Å²) in [5.41, 5.74) is 2.22. The summed E-state index contributed by atoms with van der Waals surface area (Å²) in [6.07, 6.45) is -0.727. The lowest BCUT2D eigenvalue weighted by atomic mass is 10.0. The van der Waals surface area contributed by atoms with E-state index in [4.69, 9.17) is 4.74 Å². The predicted molar refractivity (Wildman–Crippen MR) is 82.9 cm³/mol. The van der Waals surface area contributed by atoms with Crippen LogP contribution in [0.4, 0.5) is 0 Å². The standard InChI is InChI=1S/C18H21NO2/c20-18(16-9-5-2-6-10-16)17-14-19(11-12-21-17)13-15-7-3-1-4-8-15/h1-10,17-18,20H,11-14H2/t17?,18-/m0/s1. The molecule has 0 spiro atoms. The fourth-order valence-corrected chi connectivity index (χ4v) is 2.77. The normalized spacial score (nSPS) is 21.1. The molecule has 0 aliphatic carbocycles. The summed E-state index contributed by atoms with van der Waals surface area (Å²) in [5.74, 6) is 0. The van der Waals surface area contributed by atoms with Crippen LogP contribution in [-0.2, 0) is 11.3 Å². The van der Waals surface area contributed by atoms with E-state index in [2.05, 4.69) is 29.2 Å². The summed E-state index contributed by atoms with van der Waals surface area (Å²) >= 11 is 0. The van der Waals surface area contributed by atoms with Gasteiger partial charge in [0.2, 0.25) is 0 Å². The molecule has 1 aliphatic heterocycles. The van der Waals surface area contributed by atoms with Crippen LogP contribution in [0, 0.1) is 0 Å². The van der Waals surface area contributed by atoms with E-state index < -0.39 is 6.10 Å². The molecule has 0 saturated carbocycles. The SMILES string of the molecule is O[C@@H](c1ccccc1)C1CN(Cc2ccccc2)CCO1. The van der Waals surface area contributed by atoms with Crippen molar-refractivity contribution in [2.45, 2.75) is 18.8 Å². The maximum atomic E-state index is 10.5. The van der Waals surface area contributed by atoms with Crippen LogP contribution in [0.1, 0.15) is 17.2 Å². The minimum Gasteiger partial charge on any atom is -0.386 e. The molecule has 110 valence electrons. The summed E-state index contributed by atoms with van der Waals surface area (Å²) < 4.78 is 5.77. The van der Waals surface area contributed by atoms with Crippen LogP contribution in [0.5, 0.6) is 0 Å². The molecule has 1 unspecified atom stereocenters. The van der Waals surface area contributed by atoms with Crippen LogP contribution >= 0.6 is 0 Å². The molecule has 2 atom stereocenters. The van der Waals surface area contributed by atoms with Gasteiger partial charge in [-0.2, -0.15) is 0 Å². The number of aliphatic hydroxyl groups excluding tert-OH is 1. The van der Waals surface area contributed by atoms with Gasteiger partial charge in [0.15, 0.2) is 0 Å². The second kappa shape index (κ2) is 6.85. The van der Waals surface area contributed by atoms with Crippen molar-refractivity contribution in [1.29, 1.82) is 0 Å². The average Bonchev–Trinajstić information content (AvgIpc) is 2.56. The van der Waals surface area contributed by atoms with Gasteiger partial charge >= 0.3 is 0 Å². The molecule has 0 aromatic heterocycles. The molecule has 2 aromatic carbocycles. The van der Waals surface area contributed by atoms with Crippen molar-refractivity contribution < 1.29 is 9.84 Å². The van der Waals surface area contributed by atoms with E-state index in [0.29, 0.717) is 6.61 Å². The van der Waals surface area contributed by atoms with Gasteiger partial charge in [-0.3, -0.25) is 4.90 Å². The molecule has 1 aliphatic rings. The van der Waals surface area contributed by atoms with Gasteiger partial charge in [0, 0.05) is 19.6 Å². The summed E-state index contributed by atoms with van der Waals surface area (Å²) in [6.45, 7) is 3.24. The van der Waals surface area contributed by atoms with Gasteiger partial charge in [-0.15, -0.1) is 0 Å². The van der Waals surface area contributed by atoms with Gasteiger partial charge in [-0.25, -0.2) is 0 Å². The Morgan fingerprint density at radius 3 is 2.43 bits per heavy atom. The Hall–Kier alpha value is -1.68. The van der Waals surface area contributed by atoms with E-state index in [1.807, 2.05) is 36.4 Å². The zero-order valence-corrected chi connectivity index (χ0v) is 12.1. The first kappa shape index (κ1) is 14.3. The molecule has 1 heterocycles. The van der Waals surface area contributed by atoms with Crippen LogP contribution < -0.4 is 0 Å². The van der Waals surface area contributed by atoms with Crippen molar-refractivity contribution in [3.05, 3.63) is 71.8 Å². The Morgan fingerprint density at radius 1 is 1.05 bits per heavy atom. The van der Waals surface area contributed by atoms with Crippen molar-refractivity contribution in [3.8, 4) is 0 Å². The Kier molecular flexibility index (Phi) is 4.65. The first-order chi connectivity index (χ1) is 10.3. The zero-order valence-electron chi connectivity index (χ0n) is 12.1. The first-order valence-corrected chi connectivity index (χ1v) is 7.44. The molecular weight excluding hydrogens is 262 g/mol. The largest absolute Gasteiger partial charge is 0.386 e. The van der Waals surface area contributed by atoms with E-state index in [9.17, 15) is 5.11 Å². The smallest absolute Gasteiger partial charge is 0.106 e. The van der Waals surface area contributed by atoms with Crippen molar-refractivity contribution in [2.75, 3.05) is 19.7 Å². The number of aliphatic hydroxyl groups is 1. The van der Waals surface area contributed by atoms with Crippen molar-refractivity contribution in [1.82, 2.24) is 4.90 Å². The number of hydrogen-bond donors (Lipinski definition) is 1. The lowest BCUT2D eigenvalue weighted by Crippen LogP contribution is -2.44. The van der Waals surface area contributed by atoms with Gasteiger partial charge in [-0.1, -0.05) is 60.7 Å². The van der Waals surface area contributed by atoms with Crippen LogP contribution in [-0.4, -0.2) is 35.8 Å². The Morgan fingerprint density at radius 2 is 1.71 bits per heavy atom. The highest BCUT2D eigenvalue weighted by molar-refractivity contribution is 5.19. The minimum atomic E-state index is -0.565. The highest BCUT2D eigenvalue weighted by Crippen LogP contribution is 2.22. The van der Waals surface area contributed by atoms with Gasteiger partial charge in [0.1, 0.15) is 12.2 Å². The van der Waals surface area contributed by atoms with Gasteiger partial charge in [0.05, 0.1) is 6.61 Å². The molecule has 21 heavy (non-hydrogen) atoms. The molecule has 1 fully saturated rings. The van der Waals surface area contributed by atoms with Crippen LogP contribution in [0.3, 0.4) is 0 Å². The zero-order chi connectivity index (χ0) is 14.5.